The zero-order chi connectivity index (χ0) is 14.7. The minimum absolute atomic E-state index is 0.272. The topological polar surface area (TPSA) is 82.2 Å². The molecule has 3 N–H and O–H groups in total. The van der Waals surface area contributed by atoms with Crippen LogP contribution in [-0.4, -0.2) is 22.8 Å². The van der Waals surface area contributed by atoms with Crippen LogP contribution in [-0.2, 0) is 11.8 Å². The van der Waals surface area contributed by atoms with Crippen molar-refractivity contribution in [3.8, 4) is 5.75 Å². The number of carbonyl (C=O) groups excluding carboxylic acids is 1. The first-order valence-corrected chi connectivity index (χ1v) is 6.21. The van der Waals surface area contributed by atoms with Gasteiger partial charge in [0.25, 0.3) is 0 Å². The molecule has 0 radical (unpaired) electrons. The van der Waals surface area contributed by atoms with Crippen molar-refractivity contribution in [2.45, 2.75) is 13.0 Å². The number of hydrogen-bond donors (Lipinski definition) is 2. The molecule has 2 rings (SSSR count). The summed E-state index contributed by atoms with van der Waals surface area (Å²) in [7, 11) is 3.38. The third kappa shape index (κ3) is 2.97. The molecular formula is C14H18N4O2. The zero-order valence-corrected chi connectivity index (χ0v) is 11.8. The number of hydrogen-bond acceptors (Lipinski definition) is 4. The van der Waals surface area contributed by atoms with E-state index in [9.17, 15) is 4.79 Å². The van der Waals surface area contributed by atoms with Crippen molar-refractivity contribution in [1.82, 2.24) is 9.78 Å². The van der Waals surface area contributed by atoms with Crippen molar-refractivity contribution < 1.29 is 9.53 Å². The number of amides is 1. The third-order valence-electron chi connectivity index (χ3n) is 3.06. The number of rotatable bonds is 4. The summed E-state index contributed by atoms with van der Waals surface area (Å²) in [5.74, 6) is 0.475. The average Bonchev–Trinajstić information content (AvgIpc) is 2.86. The fraction of sp³-hybridized carbons (Fsp3) is 0.286. The number of benzene rings is 1. The number of anilines is 1. The molecule has 0 bridgehead atoms. The van der Waals surface area contributed by atoms with Crippen molar-refractivity contribution >= 4 is 11.6 Å². The number of ether oxygens (including phenoxy) is 1. The van der Waals surface area contributed by atoms with Gasteiger partial charge in [-0.2, -0.15) is 5.10 Å². The van der Waals surface area contributed by atoms with Crippen LogP contribution in [0, 0.1) is 6.92 Å². The van der Waals surface area contributed by atoms with Crippen LogP contribution in [0.4, 0.5) is 5.69 Å². The first kappa shape index (κ1) is 14.1. The van der Waals surface area contributed by atoms with Gasteiger partial charge < -0.3 is 15.8 Å². The van der Waals surface area contributed by atoms with Crippen molar-refractivity contribution in [3.63, 3.8) is 0 Å². The number of aromatic nitrogens is 2. The Bertz CT molecular complexity index is 621. The van der Waals surface area contributed by atoms with Gasteiger partial charge in [-0.05, 0) is 30.7 Å². The van der Waals surface area contributed by atoms with E-state index in [1.54, 1.807) is 43.4 Å². The van der Waals surface area contributed by atoms with Gasteiger partial charge in [-0.25, -0.2) is 0 Å². The Hall–Kier alpha value is -2.34. The van der Waals surface area contributed by atoms with E-state index in [1.165, 1.54) is 0 Å². The molecule has 20 heavy (non-hydrogen) atoms. The molecule has 106 valence electrons. The lowest BCUT2D eigenvalue weighted by atomic mass is 10.1. The molecule has 0 saturated carbocycles. The summed E-state index contributed by atoms with van der Waals surface area (Å²) in [6, 6.07) is 4.69. The van der Waals surface area contributed by atoms with Crippen LogP contribution in [0.3, 0.4) is 0 Å². The van der Waals surface area contributed by atoms with Crippen LogP contribution in [0.2, 0.25) is 0 Å². The summed E-state index contributed by atoms with van der Waals surface area (Å²) >= 11 is 0. The summed E-state index contributed by atoms with van der Waals surface area (Å²) in [6.07, 6.45) is 3.32. The molecule has 0 saturated heterocycles. The third-order valence-corrected chi connectivity index (χ3v) is 3.06. The lowest BCUT2D eigenvalue weighted by Crippen LogP contribution is -2.27. The summed E-state index contributed by atoms with van der Waals surface area (Å²) in [5.41, 5.74) is 8.22. The molecule has 0 aliphatic heterocycles. The maximum atomic E-state index is 12.1. The van der Waals surface area contributed by atoms with Gasteiger partial charge in [0.15, 0.2) is 0 Å². The van der Waals surface area contributed by atoms with Crippen LogP contribution in [0.15, 0.2) is 30.6 Å². The first-order chi connectivity index (χ1) is 9.51. The molecule has 6 heteroatoms. The lowest BCUT2D eigenvalue weighted by Gasteiger charge is -2.13. The highest BCUT2D eigenvalue weighted by molar-refractivity contribution is 5.96. The van der Waals surface area contributed by atoms with Crippen LogP contribution in [0.5, 0.6) is 5.75 Å². The van der Waals surface area contributed by atoms with E-state index in [0.717, 1.165) is 17.0 Å². The average molecular weight is 274 g/mol. The zero-order valence-electron chi connectivity index (χ0n) is 11.8. The van der Waals surface area contributed by atoms with Gasteiger partial charge >= 0.3 is 0 Å². The van der Waals surface area contributed by atoms with Crippen molar-refractivity contribution in [2.75, 3.05) is 12.4 Å². The largest absolute Gasteiger partial charge is 0.497 e. The Morgan fingerprint density at radius 2 is 2.25 bits per heavy atom. The summed E-state index contributed by atoms with van der Waals surface area (Å²) in [6.45, 7) is 1.90. The molecule has 1 aromatic heterocycles. The van der Waals surface area contributed by atoms with Crippen LogP contribution in [0.25, 0.3) is 0 Å². The fourth-order valence-corrected chi connectivity index (χ4v) is 1.87. The summed E-state index contributed by atoms with van der Waals surface area (Å²) in [5, 5.41) is 6.82. The van der Waals surface area contributed by atoms with Gasteiger partial charge in [0.05, 0.1) is 13.3 Å². The monoisotopic (exact) mass is 274 g/mol. The Labute approximate surface area is 117 Å². The molecule has 0 spiro atoms. The van der Waals surface area contributed by atoms with E-state index in [2.05, 4.69) is 10.4 Å². The van der Waals surface area contributed by atoms with Crippen LogP contribution < -0.4 is 15.8 Å². The summed E-state index contributed by atoms with van der Waals surface area (Å²) < 4.78 is 6.74. The van der Waals surface area contributed by atoms with Crippen LogP contribution in [0.1, 0.15) is 17.2 Å². The van der Waals surface area contributed by atoms with Gasteiger partial charge in [0.2, 0.25) is 5.91 Å². The molecular weight excluding hydrogens is 256 g/mol. The van der Waals surface area contributed by atoms with E-state index in [1.807, 2.05) is 13.0 Å². The molecule has 0 aliphatic rings. The van der Waals surface area contributed by atoms with Gasteiger partial charge in [-0.1, -0.05) is 0 Å². The smallest absolute Gasteiger partial charge is 0.246 e. The molecule has 0 aliphatic carbocycles. The van der Waals surface area contributed by atoms with E-state index >= 15 is 0 Å². The second-order valence-corrected chi connectivity index (χ2v) is 4.60. The molecule has 1 aromatic carbocycles. The summed E-state index contributed by atoms with van der Waals surface area (Å²) in [4.78, 5) is 12.1. The van der Waals surface area contributed by atoms with E-state index < -0.39 is 6.04 Å². The highest BCUT2D eigenvalue weighted by Gasteiger charge is 2.18. The Balaban J connectivity index is 2.11. The number of nitrogens with two attached hydrogens (primary N) is 1. The van der Waals surface area contributed by atoms with Crippen molar-refractivity contribution in [1.29, 1.82) is 0 Å². The van der Waals surface area contributed by atoms with E-state index in [0.29, 0.717) is 5.56 Å². The molecule has 6 nitrogen and oxygen atoms in total. The fourth-order valence-electron chi connectivity index (χ4n) is 1.87. The highest BCUT2D eigenvalue weighted by Crippen LogP contribution is 2.22. The minimum atomic E-state index is -0.745. The lowest BCUT2D eigenvalue weighted by molar-refractivity contribution is -0.117. The number of nitrogens with zero attached hydrogens (tertiary/aromatic N) is 2. The number of methoxy groups -OCH3 is 1. The number of aryl methyl sites for hydroxylation is 2. The quantitative estimate of drug-likeness (QED) is 0.882. The Kier molecular flexibility index (Phi) is 4.05. The standard InChI is InChI=1S/C14H18N4O2/c1-9-6-11(20-3)4-5-12(9)17-14(19)13(15)10-7-16-18(2)8-10/h4-8,13H,15H2,1-3H3,(H,17,19). The normalized spacial score (nSPS) is 12.0. The van der Waals surface area contributed by atoms with E-state index in [-0.39, 0.29) is 5.91 Å². The minimum Gasteiger partial charge on any atom is -0.497 e. The van der Waals surface area contributed by atoms with Gasteiger partial charge in [0.1, 0.15) is 11.8 Å². The maximum Gasteiger partial charge on any atom is 0.246 e. The Morgan fingerprint density at radius 3 is 2.80 bits per heavy atom. The molecule has 1 amide bonds. The predicted octanol–water partition coefficient (Wildman–Crippen LogP) is 1.38. The second kappa shape index (κ2) is 5.75. The molecule has 1 atom stereocenters. The van der Waals surface area contributed by atoms with Crippen LogP contribution >= 0.6 is 0 Å². The second-order valence-electron chi connectivity index (χ2n) is 4.60. The number of carbonyl (C=O) groups is 1. The maximum absolute atomic E-state index is 12.1. The SMILES string of the molecule is COc1ccc(NC(=O)C(N)c2cnn(C)c2)c(C)c1. The molecule has 0 fully saturated rings. The molecule has 1 heterocycles. The Morgan fingerprint density at radius 1 is 1.50 bits per heavy atom. The van der Waals surface area contributed by atoms with Gasteiger partial charge in [0, 0.05) is 24.5 Å². The number of nitrogens with one attached hydrogen (secondary N) is 1. The van der Waals surface area contributed by atoms with E-state index in [4.69, 9.17) is 10.5 Å². The highest BCUT2D eigenvalue weighted by atomic mass is 16.5. The predicted molar refractivity (Wildman–Crippen MR) is 76.5 cm³/mol. The van der Waals surface area contributed by atoms with Gasteiger partial charge in [-0.3, -0.25) is 9.48 Å². The van der Waals surface area contributed by atoms with Gasteiger partial charge in [-0.15, -0.1) is 0 Å². The first-order valence-electron chi connectivity index (χ1n) is 6.21. The van der Waals surface area contributed by atoms with Crippen molar-refractivity contribution in [3.05, 3.63) is 41.7 Å². The molecule has 1 unspecified atom stereocenters. The molecule has 2 aromatic rings. The van der Waals surface area contributed by atoms with Crippen molar-refractivity contribution in [2.24, 2.45) is 12.8 Å².